The molecule has 2 N–H and O–H groups in total. The summed E-state index contributed by atoms with van der Waals surface area (Å²) in [7, 11) is -3.31. The molecular weight excluding hydrogens is 325 g/mol. The summed E-state index contributed by atoms with van der Waals surface area (Å²) in [6.45, 7) is 1.77. The second-order valence-electron chi connectivity index (χ2n) is 5.54. The first-order valence-corrected chi connectivity index (χ1v) is 8.87. The van der Waals surface area contributed by atoms with Gasteiger partial charge in [0.15, 0.2) is 0 Å². The molecule has 0 aromatic heterocycles. The van der Waals surface area contributed by atoms with Crippen LogP contribution in [0.25, 0.3) is 0 Å². The van der Waals surface area contributed by atoms with Crippen molar-refractivity contribution in [3.8, 4) is 0 Å². The molecule has 2 rings (SSSR count). The highest BCUT2D eigenvalue weighted by Gasteiger charge is 2.48. The van der Waals surface area contributed by atoms with Gasteiger partial charge in [0.05, 0.1) is 6.26 Å². The largest absolute Gasteiger partial charge is 0.325 e. The first kappa shape index (κ1) is 17.4. The smallest absolute Gasteiger partial charge is 0.319 e. The molecule has 7 nitrogen and oxygen atoms in total. The lowest BCUT2D eigenvalue weighted by atomic mass is 9.92. The van der Waals surface area contributed by atoms with E-state index in [1.807, 2.05) is 0 Å². The number of nitrogens with zero attached hydrogens (tertiary/aromatic N) is 1. The van der Waals surface area contributed by atoms with Crippen molar-refractivity contribution in [3.05, 3.63) is 35.6 Å². The fourth-order valence-electron chi connectivity index (χ4n) is 2.37. The van der Waals surface area contributed by atoms with Crippen LogP contribution in [0, 0.1) is 5.82 Å². The Hall–Kier alpha value is -2.00. The number of amides is 3. The molecule has 23 heavy (non-hydrogen) atoms. The quantitative estimate of drug-likeness (QED) is 0.582. The molecule has 1 aliphatic heterocycles. The van der Waals surface area contributed by atoms with E-state index in [0.717, 1.165) is 11.2 Å². The van der Waals surface area contributed by atoms with E-state index in [1.54, 1.807) is 6.92 Å². The minimum absolute atomic E-state index is 0.0873. The maximum absolute atomic E-state index is 13.0. The lowest BCUT2D eigenvalue weighted by Crippen LogP contribution is -2.41. The second kappa shape index (κ2) is 6.25. The van der Waals surface area contributed by atoms with Gasteiger partial charge in [0.1, 0.15) is 11.4 Å². The predicted octanol–water partition coefficient (Wildman–Crippen LogP) is 0.532. The number of sulfonamides is 1. The van der Waals surface area contributed by atoms with Crippen LogP contribution in [0.5, 0.6) is 0 Å². The number of nitrogens with one attached hydrogen (secondary N) is 2. The minimum atomic E-state index is -3.31. The van der Waals surface area contributed by atoms with Crippen molar-refractivity contribution in [1.82, 2.24) is 14.9 Å². The molecule has 1 fully saturated rings. The van der Waals surface area contributed by atoms with Crippen molar-refractivity contribution in [2.24, 2.45) is 0 Å². The molecule has 0 radical (unpaired) electrons. The maximum Gasteiger partial charge on any atom is 0.325 e. The molecule has 1 saturated heterocycles. The highest BCUT2D eigenvalue weighted by Crippen LogP contribution is 2.28. The molecule has 0 bridgehead atoms. The highest BCUT2D eigenvalue weighted by molar-refractivity contribution is 7.88. The number of benzene rings is 1. The summed E-state index contributed by atoms with van der Waals surface area (Å²) in [5, 5.41) is 2.60. The molecule has 126 valence electrons. The molecule has 9 heteroatoms. The van der Waals surface area contributed by atoms with E-state index in [-0.39, 0.29) is 13.1 Å². The van der Waals surface area contributed by atoms with E-state index < -0.39 is 33.3 Å². The Morgan fingerprint density at radius 2 is 1.87 bits per heavy atom. The lowest BCUT2D eigenvalue weighted by molar-refractivity contribution is -0.131. The molecule has 1 heterocycles. The number of imide groups is 1. The van der Waals surface area contributed by atoms with Gasteiger partial charge in [0.25, 0.3) is 5.91 Å². The van der Waals surface area contributed by atoms with Crippen LogP contribution in [-0.4, -0.2) is 44.6 Å². The minimum Gasteiger partial charge on any atom is -0.319 e. The molecule has 0 aliphatic carbocycles. The van der Waals surface area contributed by atoms with Gasteiger partial charge >= 0.3 is 6.03 Å². The van der Waals surface area contributed by atoms with Gasteiger partial charge in [0, 0.05) is 13.1 Å². The Bertz CT molecular complexity index is 720. The van der Waals surface area contributed by atoms with Gasteiger partial charge in [-0.2, -0.15) is 0 Å². The van der Waals surface area contributed by atoms with E-state index >= 15 is 0 Å². The molecule has 1 aliphatic rings. The molecule has 1 aromatic carbocycles. The topological polar surface area (TPSA) is 95.6 Å². The zero-order valence-corrected chi connectivity index (χ0v) is 13.6. The summed E-state index contributed by atoms with van der Waals surface area (Å²) in [5.41, 5.74) is -0.774. The average molecular weight is 343 g/mol. The predicted molar refractivity (Wildman–Crippen MR) is 81.5 cm³/mol. The van der Waals surface area contributed by atoms with Crippen LogP contribution in [0.15, 0.2) is 24.3 Å². The van der Waals surface area contributed by atoms with Crippen LogP contribution < -0.4 is 10.0 Å². The first-order valence-electron chi connectivity index (χ1n) is 6.98. The lowest BCUT2D eigenvalue weighted by Gasteiger charge is -2.22. The van der Waals surface area contributed by atoms with E-state index in [4.69, 9.17) is 0 Å². The third-order valence-corrected chi connectivity index (χ3v) is 4.35. The molecule has 0 saturated carbocycles. The van der Waals surface area contributed by atoms with Crippen LogP contribution in [0.4, 0.5) is 9.18 Å². The van der Waals surface area contributed by atoms with Crippen LogP contribution in [0.3, 0.4) is 0 Å². The Morgan fingerprint density at radius 1 is 1.26 bits per heavy atom. The Morgan fingerprint density at radius 3 is 2.43 bits per heavy atom. The molecule has 0 spiro atoms. The fraction of sp³-hybridized carbons (Fsp3) is 0.429. The van der Waals surface area contributed by atoms with Crippen molar-refractivity contribution in [2.45, 2.75) is 18.9 Å². The van der Waals surface area contributed by atoms with E-state index in [2.05, 4.69) is 10.0 Å². The molecule has 3 amide bonds. The second-order valence-corrected chi connectivity index (χ2v) is 7.37. The van der Waals surface area contributed by atoms with Gasteiger partial charge in [-0.25, -0.2) is 22.3 Å². The fourth-order valence-corrected chi connectivity index (χ4v) is 2.89. The van der Waals surface area contributed by atoms with Crippen LogP contribution in [0.1, 0.15) is 18.9 Å². The van der Waals surface area contributed by atoms with Crippen LogP contribution >= 0.6 is 0 Å². The summed E-state index contributed by atoms with van der Waals surface area (Å²) in [4.78, 5) is 25.6. The monoisotopic (exact) mass is 343 g/mol. The van der Waals surface area contributed by atoms with Crippen LogP contribution in [-0.2, 0) is 20.4 Å². The summed E-state index contributed by atoms with van der Waals surface area (Å²) >= 11 is 0. The highest BCUT2D eigenvalue weighted by atomic mass is 32.2. The van der Waals surface area contributed by atoms with Gasteiger partial charge in [-0.1, -0.05) is 12.1 Å². The molecule has 1 aromatic rings. The Balaban J connectivity index is 2.06. The van der Waals surface area contributed by atoms with E-state index in [1.165, 1.54) is 24.3 Å². The van der Waals surface area contributed by atoms with Crippen LogP contribution in [0.2, 0.25) is 0 Å². The maximum atomic E-state index is 13.0. The number of carbonyl (C=O) groups is 2. The number of hydrogen-bond acceptors (Lipinski definition) is 4. The van der Waals surface area contributed by atoms with Crippen molar-refractivity contribution < 1.29 is 22.4 Å². The summed E-state index contributed by atoms with van der Waals surface area (Å²) in [6, 6.07) is 4.78. The number of halogens is 1. The normalized spacial score (nSPS) is 21.6. The first-order chi connectivity index (χ1) is 10.6. The van der Waals surface area contributed by atoms with Gasteiger partial charge in [-0.3, -0.25) is 9.69 Å². The zero-order chi connectivity index (χ0) is 17.3. The number of hydrogen-bond donors (Lipinski definition) is 2. The van der Waals surface area contributed by atoms with E-state index in [0.29, 0.717) is 12.0 Å². The van der Waals surface area contributed by atoms with Gasteiger partial charge < -0.3 is 5.32 Å². The SMILES string of the molecule is C[C@@]1(c2ccc(F)cc2)NC(=O)N(CCCNS(C)(=O)=O)C1=O. The number of urea groups is 1. The Labute approximate surface area is 133 Å². The number of carbonyl (C=O) groups excluding carboxylic acids is 2. The van der Waals surface area contributed by atoms with E-state index in [9.17, 15) is 22.4 Å². The van der Waals surface area contributed by atoms with Gasteiger partial charge in [-0.05, 0) is 31.0 Å². The molecule has 0 unspecified atom stereocenters. The summed E-state index contributed by atoms with van der Waals surface area (Å²) < 4.78 is 37.2. The van der Waals surface area contributed by atoms with Gasteiger partial charge in [-0.15, -0.1) is 0 Å². The molecular formula is C14H18FN3O4S. The zero-order valence-electron chi connectivity index (χ0n) is 12.8. The third kappa shape index (κ3) is 3.85. The number of rotatable bonds is 6. The molecule has 1 atom stereocenters. The van der Waals surface area contributed by atoms with Crippen molar-refractivity contribution >= 4 is 22.0 Å². The van der Waals surface area contributed by atoms with Gasteiger partial charge in [0.2, 0.25) is 10.0 Å². The third-order valence-electron chi connectivity index (χ3n) is 3.62. The Kier molecular flexibility index (Phi) is 4.71. The summed E-state index contributed by atoms with van der Waals surface area (Å²) in [6.07, 6.45) is 1.33. The van der Waals surface area contributed by atoms with Crippen molar-refractivity contribution in [2.75, 3.05) is 19.3 Å². The van der Waals surface area contributed by atoms with Crippen molar-refractivity contribution in [3.63, 3.8) is 0 Å². The summed E-state index contributed by atoms with van der Waals surface area (Å²) in [5.74, 6) is -0.883. The van der Waals surface area contributed by atoms with Crippen molar-refractivity contribution in [1.29, 1.82) is 0 Å². The standard InChI is InChI=1S/C14H18FN3O4S/c1-14(10-4-6-11(15)7-5-10)12(19)18(13(20)17-14)9-3-8-16-23(2,21)22/h4-7,16H,3,8-9H2,1-2H3,(H,17,20)/t14-/m0/s1. The average Bonchev–Trinajstić information content (AvgIpc) is 2.66.